The molecule has 0 radical (unpaired) electrons. The Labute approximate surface area is 51.3 Å². The normalized spacial score (nSPS) is 5.43. The summed E-state index contributed by atoms with van der Waals surface area (Å²) >= 11 is 3.80. The summed E-state index contributed by atoms with van der Waals surface area (Å²) in [5.74, 6) is 0.778. The summed E-state index contributed by atoms with van der Waals surface area (Å²) in [6.07, 6.45) is 3.49. The van der Waals surface area contributed by atoms with Gasteiger partial charge in [0.05, 0.1) is 0 Å². The van der Waals surface area contributed by atoms with Gasteiger partial charge < -0.3 is 0 Å². The predicted octanol–water partition coefficient (Wildman–Crippen LogP) is 2.29. The highest BCUT2D eigenvalue weighted by Crippen LogP contribution is 1.65. The lowest BCUT2D eigenvalue weighted by Crippen LogP contribution is -1.45. The van der Waals surface area contributed by atoms with Crippen LogP contribution in [-0.4, -0.2) is 5.75 Å². The molecule has 0 saturated carbocycles. The molecule has 0 aromatic heterocycles. The van der Waals surface area contributed by atoms with Crippen LogP contribution in [0.2, 0.25) is 0 Å². The van der Waals surface area contributed by atoms with E-state index in [4.69, 9.17) is 0 Å². The van der Waals surface area contributed by atoms with Crippen molar-refractivity contribution in [2.24, 2.45) is 0 Å². The van der Waals surface area contributed by atoms with E-state index in [-0.39, 0.29) is 0 Å². The average molecular weight is 116 g/mol. The van der Waals surface area contributed by atoms with E-state index in [0.717, 1.165) is 5.75 Å². The Morgan fingerprint density at radius 3 is 1.71 bits per heavy atom. The Morgan fingerprint density at radius 2 is 1.71 bits per heavy atom. The van der Waals surface area contributed by atoms with Crippen LogP contribution in [-0.2, 0) is 0 Å². The van der Waals surface area contributed by atoms with Gasteiger partial charge in [-0.15, -0.1) is 13.2 Å². The lowest BCUT2D eigenvalue weighted by molar-refractivity contribution is 1.80. The first-order valence-electron chi connectivity index (χ1n) is 2.12. The summed E-state index contributed by atoms with van der Waals surface area (Å²) in [4.78, 5) is 0. The Hall–Kier alpha value is -0.170. The maximum Gasteiger partial charge on any atom is 0.00799 e. The van der Waals surface area contributed by atoms with E-state index in [1.807, 2.05) is 6.92 Å². The minimum Gasteiger partial charge on any atom is -0.175 e. The molecule has 0 spiro atoms. The van der Waals surface area contributed by atoms with E-state index in [0.29, 0.717) is 0 Å². The molecule has 0 unspecified atom stereocenters. The van der Waals surface area contributed by atoms with Crippen LogP contribution in [0.1, 0.15) is 6.92 Å². The number of rotatable bonds is 1. The lowest BCUT2D eigenvalue weighted by atomic mass is 10.8. The number of hydrogen-bond acceptors (Lipinski definition) is 1. The van der Waals surface area contributed by atoms with Crippen LogP contribution in [0.15, 0.2) is 25.3 Å². The largest absolute Gasteiger partial charge is 0.175 e. The van der Waals surface area contributed by atoms with Crippen molar-refractivity contribution in [1.82, 2.24) is 0 Å². The summed E-state index contributed by atoms with van der Waals surface area (Å²) < 4.78 is 0. The van der Waals surface area contributed by atoms with Gasteiger partial charge in [0.25, 0.3) is 0 Å². The Balaban J connectivity index is 0. The Bertz CT molecular complexity index is 39.4. The lowest BCUT2D eigenvalue weighted by Gasteiger charge is -1.57. The van der Waals surface area contributed by atoms with Crippen molar-refractivity contribution in [2.75, 3.05) is 5.75 Å². The smallest absolute Gasteiger partial charge is 0.00799 e. The van der Waals surface area contributed by atoms with Crippen LogP contribution >= 0.6 is 12.6 Å². The van der Waals surface area contributed by atoms with E-state index in [1.54, 1.807) is 12.2 Å². The summed E-state index contributed by atoms with van der Waals surface area (Å²) in [6, 6.07) is 0. The maximum absolute atomic E-state index is 3.80. The zero-order chi connectivity index (χ0) is 6.12. The molecule has 0 aliphatic rings. The summed E-state index contributed by atoms with van der Waals surface area (Å²) in [5.41, 5.74) is 0. The van der Waals surface area contributed by atoms with E-state index >= 15 is 0 Å². The molecule has 0 bridgehead atoms. The van der Waals surface area contributed by atoms with Crippen LogP contribution < -0.4 is 0 Å². The van der Waals surface area contributed by atoms with Crippen LogP contribution in [0.5, 0.6) is 0 Å². The molecule has 0 N–H and O–H groups in total. The third-order valence-corrected chi connectivity index (χ3v) is 0.387. The van der Waals surface area contributed by atoms with Gasteiger partial charge in [-0.2, -0.15) is 12.6 Å². The van der Waals surface area contributed by atoms with Crippen molar-refractivity contribution in [2.45, 2.75) is 6.92 Å². The van der Waals surface area contributed by atoms with Gasteiger partial charge in [-0.1, -0.05) is 12.2 Å². The van der Waals surface area contributed by atoms with E-state index in [9.17, 15) is 0 Å². The summed E-state index contributed by atoms with van der Waals surface area (Å²) in [7, 11) is 0. The fourth-order valence-corrected chi connectivity index (χ4v) is 0. The van der Waals surface area contributed by atoms with Gasteiger partial charge in [-0.25, -0.2) is 0 Å². The maximum atomic E-state index is 3.80. The van der Waals surface area contributed by atoms with Gasteiger partial charge in [-0.3, -0.25) is 0 Å². The van der Waals surface area contributed by atoms with Crippen LogP contribution in [0.25, 0.3) is 0 Å². The van der Waals surface area contributed by atoms with Gasteiger partial charge in [0.2, 0.25) is 0 Å². The van der Waals surface area contributed by atoms with Crippen LogP contribution in [0.3, 0.4) is 0 Å². The molecular weight excluding hydrogens is 104 g/mol. The number of hydrogen-bond donors (Lipinski definition) is 1. The number of thiol groups is 1. The second-order valence-electron chi connectivity index (χ2n) is 0.879. The Kier molecular flexibility index (Phi) is 24.1. The zero-order valence-corrected chi connectivity index (χ0v) is 5.62. The predicted molar refractivity (Wildman–Crippen MR) is 39.9 cm³/mol. The van der Waals surface area contributed by atoms with Crippen molar-refractivity contribution < 1.29 is 0 Å². The molecule has 0 aliphatic carbocycles. The highest BCUT2D eigenvalue weighted by Gasteiger charge is 1.45. The average Bonchev–Trinajstić information content (AvgIpc) is 1.69. The standard InChI is InChI=1S/C3H6S.C3H6/c1-2-3-4;1-3-2/h2,4H,1,3H2;3H,1H2,2H3. The molecule has 0 aromatic rings. The molecule has 0 atom stereocenters. The topological polar surface area (TPSA) is 0 Å². The first kappa shape index (κ1) is 9.95. The summed E-state index contributed by atoms with van der Waals surface area (Å²) in [5, 5.41) is 0. The molecule has 0 aromatic carbocycles. The van der Waals surface area contributed by atoms with Crippen molar-refractivity contribution in [3.8, 4) is 0 Å². The van der Waals surface area contributed by atoms with E-state index < -0.39 is 0 Å². The quantitative estimate of drug-likeness (QED) is 0.394. The molecular formula is C6H12S. The first-order chi connectivity index (χ1) is 3.33. The fraction of sp³-hybridized carbons (Fsp3) is 0.333. The van der Waals surface area contributed by atoms with E-state index in [2.05, 4.69) is 25.8 Å². The van der Waals surface area contributed by atoms with Gasteiger partial charge >= 0.3 is 0 Å². The van der Waals surface area contributed by atoms with Gasteiger partial charge in [0, 0.05) is 5.75 Å². The van der Waals surface area contributed by atoms with Crippen LogP contribution in [0, 0.1) is 0 Å². The first-order valence-corrected chi connectivity index (χ1v) is 2.75. The van der Waals surface area contributed by atoms with Gasteiger partial charge in [-0.05, 0) is 6.92 Å². The molecule has 0 amide bonds. The van der Waals surface area contributed by atoms with Gasteiger partial charge in [0.15, 0.2) is 0 Å². The SMILES string of the molecule is C=CC.C=CCS. The third-order valence-electron chi connectivity index (χ3n) is 0.129. The number of allylic oxidation sites excluding steroid dienone is 1. The van der Waals surface area contributed by atoms with Crippen LogP contribution in [0.4, 0.5) is 0 Å². The molecule has 0 nitrogen and oxygen atoms in total. The second-order valence-corrected chi connectivity index (χ2v) is 1.24. The highest BCUT2D eigenvalue weighted by molar-refractivity contribution is 7.80. The molecule has 0 aliphatic heterocycles. The monoisotopic (exact) mass is 116 g/mol. The molecule has 0 heterocycles. The molecule has 1 heteroatoms. The molecule has 0 rings (SSSR count). The minimum absolute atomic E-state index is 0.778. The fourth-order valence-electron chi connectivity index (χ4n) is 0. The van der Waals surface area contributed by atoms with Crippen molar-refractivity contribution >= 4 is 12.6 Å². The minimum atomic E-state index is 0.778. The Morgan fingerprint density at radius 1 is 1.57 bits per heavy atom. The van der Waals surface area contributed by atoms with Crippen molar-refractivity contribution in [1.29, 1.82) is 0 Å². The molecule has 42 valence electrons. The van der Waals surface area contributed by atoms with Gasteiger partial charge in [0.1, 0.15) is 0 Å². The van der Waals surface area contributed by atoms with Crippen molar-refractivity contribution in [3.05, 3.63) is 25.3 Å². The summed E-state index contributed by atoms with van der Waals surface area (Å²) in [6.45, 7) is 8.65. The molecule has 0 fully saturated rings. The molecule has 7 heavy (non-hydrogen) atoms. The van der Waals surface area contributed by atoms with E-state index in [1.165, 1.54) is 0 Å². The van der Waals surface area contributed by atoms with Crippen molar-refractivity contribution in [3.63, 3.8) is 0 Å². The molecule has 0 saturated heterocycles. The third kappa shape index (κ3) is 124. The zero-order valence-electron chi connectivity index (χ0n) is 4.72. The second kappa shape index (κ2) is 17.0. The highest BCUT2D eigenvalue weighted by atomic mass is 32.1.